The molecule has 0 atom stereocenters. The minimum atomic E-state index is -0.401. The highest BCUT2D eigenvalue weighted by atomic mass is 16.5. The van der Waals surface area contributed by atoms with Crippen LogP contribution in [0.2, 0.25) is 0 Å². The van der Waals surface area contributed by atoms with Crippen molar-refractivity contribution < 1.29 is 14.3 Å². The van der Waals surface area contributed by atoms with Crippen molar-refractivity contribution >= 4 is 12.0 Å². The van der Waals surface area contributed by atoms with E-state index in [0.717, 1.165) is 25.9 Å². The van der Waals surface area contributed by atoms with Gasteiger partial charge in [-0.3, -0.25) is 4.79 Å². The molecule has 1 saturated heterocycles. The number of piperidine rings is 1. The second-order valence-corrected chi connectivity index (χ2v) is 4.50. The van der Waals surface area contributed by atoms with Gasteiger partial charge in [-0.05, 0) is 18.8 Å². The van der Waals surface area contributed by atoms with E-state index in [1.807, 2.05) is 4.90 Å². The van der Waals surface area contributed by atoms with Crippen LogP contribution in [0.25, 0.3) is 0 Å². The van der Waals surface area contributed by atoms with Gasteiger partial charge in [0.25, 0.3) is 0 Å². The molecule has 0 N–H and O–H groups in total. The Labute approximate surface area is 106 Å². The Kier molecular flexibility index (Phi) is 3.96. The first-order chi connectivity index (χ1) is 8.66. The smallest absolute Gasteiger partial charge is 0.419 e. The molecule has 2 rings (SSSR count). The summed E-state index contributed by atoms with van der Waals surface area (Å²) < 4.78 is 6.51. The SMILES string of the molecule is CC(=O)N1CCC(COC(=O)n2ccnc2)CC1. The molecule has 6 heteroatoms. The third-order valence-electron chi connectivity index (χ3n) is 3.22. The van der Waals surface area contributed by atoms with E-state index in [4.69, 9.17) is 4.74 Å². The maximum Gasteiger partial charge on any atom is 0.419 e. The number of imidazole rings is 1. The van der Waals surface area contributed by atoms with Crippen LogP contribution in [0.5, 0.6) is 0 Å². The van der Waals surface area contributed by atoms with Gasteiger partial charge in [-0.2, -0.15) is 0 Å². The number of ether oxygens (including phenoxy) is 1. The molecule has 1 aromatic heterocycles. The summed E-state index contributed by atoms with van der Waals surface area (Å²) in [6, 6.07) is 0. The number of hydrogen-bond donors (Lipinski definition) is 0. The summed E-state index contributed by atoms with van der Waals surface area (Å²) in [5, 5.41) is 0. The molecule has 1 amide bonds. The topological polar surface area (TPSA) is 64.4 Å². The molecule has 0 spiro atoms. The Bertz CT molecular complexity index is 408. The van der Waals surface area contributed by atoms with Crippen molar-refractivity contribution in [2.75, 3.05) is 19.7 Å². The molecular formula is C12H17N3O3. The first-order valence-corrected chi connectivity index (χ1v) is 6.07. The summed E-state index contributed by atoms with van der Waals surface area (Å²) in [5.74, 6) is 0.455. The summed E-state index contributed by atoms with van der Waals surface area (Å²) in [6.07, 6.45) is 5.88. The standard InChI is InChI=1S/C12H17N3O3/c1-10(16)14-5-2-11(3-6-14)8-18-12(17)15-7-4-13-9-15/h4,7,9,11H,2-3,5-6,8H2,1H3. The predicted octanol–water partition coefficient (Wildman–Crippen LogP) is 1.13. The zero-order valence-corrected chi connectivity index (χ0v) is 10.4. The highest BCUT2D eigenvalue weighted by Gasteiger charge is 2.21. The molecule has 98 valence electrons. The Morgan fingerprint density at radius 2 is 2.11 bits per heavy atom. The third kappa shape index (κ3) is 3.09. The van der Waals surface area contributed by atoms with Crippen LogP contribution < -0.4 is 0 Å². The molecule has 1 fully saturated rings. The fourth-order valence-corrected chi connectivity index (χ4v) is 2.05. The summed E-state index contributed by atoms with van der Waals surface area (Å²) >= 11 is 0. The summed E-state index contributed by atoms with van der Waals surface area (Å²) in [6.45, 7) is 3.49. The second-order valence-electron chi connectivity index (χ2n) is 4.50. The molecule has 1 aliphatic rings. The van der Waals surface area contributed by atoms with Gasteiger partial charge in [-0.1, -0.05) is 0 Å². The van der Waals surface area contributed by atoms with Crippen LogP contribution in [0.3, 0.4) is 0 Å². The van der Waals surface area contributed by atoms with Crippen molar-refractivity contribution in [3.8, 4) is 0 Å². The summed E-state index contributed by atoms with van der Waals surface area (Å²) in [7, 11) is 0. The van der Waals surface area contributed by atoms with Crippen molar-refractivity contribution in [2.45, 2.75) is 19.8 Å². The Morgan fingerprint density at radius 1 is 1.39 bits per heavy atom. The lowest BCUT2D eigenvalue weighted by molar-refractivity contribution is -0.130. The minimum absolute atomic E-state index is 0.115. The predicted molar refractivity (Wildman–Crippen MR) is 64.0 cm³/mol. The van der Waals surface area contributed by atoms with Gasteiger partial charge in [0.2, 0.25) is 5.91 Å². The molecule has 6 nitrogen and oxygen atoms in total. The van der Waals surface area contributed by atoms with E-state index < -0.39 is 6.09 Å². The molecule has 2 heterocycles. The van der Waals surface area contributed by atoms with Gasteiger partial charge in [-0.25, -0.2) is 14.3 Å². The molecule has 18 heavy (non-hydrogen) atoms. The zero-order chi connectivity index (χ0) is 13.0. The highest BCUT2D eigenvalue weighted by Crippen LogP contribution is 2.17. The van der Waals surface area contributed by atoms with Crippen LogP contribution >= 0.6 is 0 Å². The maximum absolute atomic E-state index is 11.6. The molecule has 0 saturated carbocycles. The maximum atomic E-state index is 11.6. The molecule has 0 bridgehead atoms. The van der Waals surface area contributed by atoms with Crippen LogP contribution in [0.15, 0.2) is 18.7 Å². The van der Waals surface area contributed by atoms with E-state index >= 15 is 0 Å². The lowest BCUT2D eigenvalue weighted by Crippen LogP contribution is -2.38. The molecule has 0 aliphatic carbocycles. The number of likely N-dealkylation sites (tertiary alicyclic amines) is 1. The van der Waals surface area contributed by atoms with Gasteiger partial charge in [-0.15, -0.1) is 0 Å². The van der Waals surface area contributed by atoms with E-state index in [1.165, 1.54) is 17.1 Å². The van der Waals surface area contributed by atoms with E-state index in [-0.39, 0.29) is 5.91 Å². The Morgan fingerprint density at radius 3 is 2.67 bits per heavy atom. The van der Waals surface area contributed by atoms with Crippen molar-refractivity contribution in [1.29, 1.82) is 0 Å². The Hall–Kier alpha value is -1.85. The third-order valence-corrected chi connectivity index (χ3v) is 3.22. The highest BCUT2D eigenvalue weighted by molar-refractivity contribution is 5.73. The van der Waals surface area contributed by atoms with Crippen LogP contribution in [-0.4, -0.2) is 46.1 Å². The summed E-state index contributed by atoms with van der Waals surface area (Å²) in [5.41, 5.74) is 0. The van der Waals surface area contributed by atoms with Gasteiger partial charge >= 0.3 is 6.09 Å². The minimum Gasteiger partial charge on any atom is -0.449 e. The number of aromatic nitrogens is 2. The zero-order valence-electron chi connectivity index (χ0n) is 10.4. The van der Waals surface area contributed by atoms with Crippen molar-refractivity contribution in [1.82, 2.24) is 14.5 Å². The van der Waals surface area contributed by atoms with Crippen LogP contribution in [-0.2, 0) is 9.53 Å². The number of amides is 1. The molecular weight excluding hydrogens is 234 g/mol. The van der Waals surface area contributed by atoms with Crippen molar-refractivity contribution in [3.05, 3.63) is 18.7 Å². The number of hydrogen-bond acceptors (Lipinski definition) is 4. The van der Waals surface area contributed by atoms with E-state index in [1.54, 1.807) is 13.1 Å². The summed E-state index contributed by atoms with van der Waals surface area (Å²) in [4.78, 5) is 28.3. The molecule has 0 aromatic carbocycles. The van der Waals surface area contributed by atoms with Gasteiger partial charge in [0, 0.05) is 32.4 Å². The van der Waals surface area contributed by atoms with Gasteiger partial charge in [0.15, 0.2) is 0 Å². The quantitative estimate of drug-likeness (QED) is 0.790. The lowest BCUT2D eigenvalue weighted by Gasteiger charge is -2.30. The Balaban J connectivity index is 1.72. The number of rotatable bonds is 2. The molecule has 0 radical (unpaired) electrons. The fraction of sp³-hybridized carbons (Fsp3) is 0.583. The van der Waals surface area contributed by atoms with Crippen molar-refractivity contribution in [3.63, 3.8) is 0 Å². The average Bonchev–Trinajstić information content (AvgIpc) is 2.90. The monoisotopic (exact) mass is 251 g/mol. The fourth-order valence-electron chi connectivity index (χ4n) is 2.05. The van der Waals surface area contributed by atoms with E-state index in [9.17, 15) is 9.59 Å². The van der Waals surface area contributed by atoms with Crippen LogP contribution in [0.1, 0.15) is 19.8 Å². The lowest BCUT2D eigenvalue weighted by atomic mass is 9.98. The first kappa shape index (κ1) is 12.6. The largest absolute Gasteiger partial charge is 0.449 e. The van der Waals surface area contributed by atoms with Gasteiger partial charge in [0.1, 0.15) is 6.33 Å². The average molecular weight is 251 g/mol. The van der Waals surface area contributed by atoms with Crippen LogP contribution in [0.4, 0.5) is 4.79 Å². The van der Waals surface area contributed by atoms with E-state index in [2.05, 4.69) is 4.98 Å². The number of nitrogens with zero attached hydrogens (tertiary/aromatic N) is 3. The van der Waals surface area contributed by atoms with Crippen molar-refractivity contribution in [2.24, 2.45) is 5.92 Å². The number of carbonyl (C=O) groups excluding carboxylic acids is 2. The van der Waals surface area contributed by atoms with Crippen LogP contribution in [0, 0.1) is 5.92 Å². The van der Waals surface area contributed by atoms with Gasteiger partial charge < -0.3 is 9.64 Å². The normalized spacial score (nSPS) is 16.6. The molecule has 1 aliphatic heterocycles. The molecule has 1 aromatic rings. The number of carbonyl (C=O) groups is 2. The van der Waals surface area contributed by atoms with Gasteiger partial charge in [0.05, 0.1) is 6.61 Å². The molecule has 0 unspecified atom stereocenters. The van der Waals surface area contributed by atoms with E-state index in [0.29, 0.717) is 12.5 Å². The first-order valence-electron chi connectivity index (χ1n) is 6.07. The second kappa shape index (κ2) is 5.66.